The lowest BCUT2D eigenvalue weighted by atomic mass is 10.1. The van der Waals surface area contributed by atoms with Crippen LogP contribution in [0.5, 0.6) is 0 Å². The van der Waals surface area contributed by atoms with E-state index in [1.165, 1.54) is 6.07 Å². The number of halogens is 2. The Morgan fingerprint density at radius 3 is 2.81 bits per heavy atom. The standard InChI is InChI=1S/C11H7BrFNO2/c12-7-1-3-9(10(13)5-7)11-4-2-8(16-11)6-14-15/h1-6,15H/b14-6-. The summed E-state index contributed by atoms with van der Waals surface area (Å²) < 4.78 is 19.5. The van der Waals surface area contributed by atoms with Crippen LogP contribution in [0.25, 0.3) is 11.3 Å². The van der Waals surface area contributed by atoms with Crippen LogP contribution >= 0.6 is 15.9 Å². The smallest absolute Gasteiger partial charge is 0.149 e. The van der Waals surface area contributed by atoms with Crippen molar-refractivity contribution in [2.24, 2.45) is 5.16 Å². The molecule has 0 fully saturated rings. The Kier molecular flexibility index (Phi) is 3.05. The van der Waals surface area contributed by atoms with Gasteiger partial charge in [0.15, 0.2) is 0 Å². The van der Waals surface area contributed by atoms with Gasteiger partial charge in [0.25, 0.3) is 0 Å². The summed E-state index contributed by atoms with van der Waals surface area (Å²) in [5.74, 6) is 0.371. The fourth-order valence-electron chi connectivity index (χ4n) is 1.31. The van der Waals surface area contributed by atoms with Gasteiger partial charge in [0.05, 0.1) is 5.56 Å². The van der Waals surface area contributed by atoms with Crippen LogP contribution < -0.4 is 0 Å². The lowest BCUT2D eigenvalue weighted by Gasteiger charge is -1.99. The van der Waals surface area contributed by atoms with E-state index in [0.29, 0.717) is 21.6 Å². The molecule has 0 aliphatic rings. The van der Waals surface area contributed by atoms with E-state index in [-0.39, 0.29) is 5.82 Å². The van der Waals surface area contributed by atoms with Gasteiger partial charge in [-0.3, -0.25) is 0 Å². The van der Waals surface area contributed by atoms with Crippen LogP contribution in [0.1, 0.15) is 5.76 Å². The molecule has 1 aromatic carbocycles. The first-order valence-electron chi connectivity index (χ1n) is 4.43. The molecule has 16 heavy (non-hydrogen) atoms. The van der Waals surface area contributed by atoms with Crippen molar-refractivity contribution < 1.29 is 14.0 Å². The third-order valence-electron chi connectivity index (χ3n) is 2.01. The molecular weight excluding hydrogens is 277 g/mol. The highest BCUT2D eigenvalue weighted by Crippen LogP contribution is 2.26. The van der Waals surface area contributed by atoms with Crippen molar-refractivity contribution in [1.29, 1.82) is 0 Å². The molecule has 82 valence electrons. The number of rotatable bonds is 2. The Labute approximate surface area is 99.3 Å². The van der Waals surface area contributed by atoms with Gasteiger partial charge in [-0.25, -0.2) is 4.39 Å². The third kappa shape index (κ3) is 2.14. The molecule has 1 heterocycles. The molecule has 0 aliphatic heterocycles. The van der Waals surface area contributed by atoms with Crippen LogP contribution in [0.2, 0.25) is 0 Å². The van der Waals surface area contributed by atoms with Gasteiger partial charge in [0.1, 0.15) is 23.6 Å². The summed E-state index contributed by atoms with van der Waals surface area (Å²) in [6.07, 6.45) is 1.14. The normalized spacial score (nSPS) is 11.1. The molecule has 2 aromatic rings. The fraction of sp³-hybridized carbons (Fsp3) is 0. The second-order valence-electron chi connectivity index (χ2n) is 3.07. The van der Waals surface area contributed by atoms with Crippen molar-refractivity contribution in [2.45, 2.75) is 0 Å². The van der Waals surface area contributed by atoms with Gasteiger partial charge in [-0.1, -0.05) is 21.1 Å². The lowest BCUT2D eigenvalue weighted by molar-refractivity contribution is 0.321. The molecule has 3 nitrogen and oxygen atoms in total. The van der Waals surface area contributed by atoms with E-state index in [9.17, 15) is 4.39 Å². The third-order valence-corrected chi connectivity index (χ3v) is 2.50. The highest BCUT2D eigenvalue weighted by atomic mass is 79.9. The average molecular weight is 284 g/mol. The number of hydrogen-bond acceptors (Lipinski definition) is 3. The molecule has 1 N–H and O–H groups in total. The van der Waals surface area contributed by atoms with Crippen LogP contribution in [0.15, 0.2) is 44.4 Å². The second kappa shape index (κ2) is 4.49. The van der Waals surface area contributed by atoms with E-state index >= 15 is 0 Å². The van der Waals surface area contributed by atoms with E-state index in [2.05, 4.69) is 21.1 Å². The highest BCUT2D eigenvalue weighted by molar-refractivity contribution is 9.10. The predicted octanol–water partition coefficient (Wildman–Crippen LogP) is 3.66. The zero-order valence-electron chi connectivity index (χ0n) is 8.02. The molecule has 0 saturated carbocycles. The summed E-state index contributed by atoms with van der Waals surface area (Å²) in [6, 6.07) is 7.90. The molecule has 0 atom stereocenters. The molecule has 2 rings (SSSR count). The van der Waals surface area contributed by atoms with Crippen molar-refractivity contribution >= 4 is 22.1 Å². The number of benzene rings is 1. The molecule has 0 unspecified atom stereocenters. The largest absolute Gasteiger partial charge is 0.455 e. The van der Waals surface area contributed by atoms with Crippen molar-refractivity contribution in [2.75, 3.05) is 0 Å². The van der Waals surface area contributed by atoms with E-state index in [0.717, 1.165) is 6.21 Å². The Morgan fingerprint density at radius 2 is 2.12 bits per heavy atom. The van der Waals surface area contributed by atoms with E-state index in [1.807, 2.05) is 0 Å². The van der Waals surface area contributed by atoms with Crippen molar-refractivity contribution in [3.05, 3.63) is 46.4 Å². The Balaban J connectivity index is 2.42. The predicted molar refractivity (Wildman–Crippen MR) is 61.2 cm³/mol. The Morgan fingerprint density at radius 1 is 1.31 bits per heavy atom. The molecular formula is C11H7BrFNO2. The molecule has 0 saturated heterocycles. The van der Waals surface area contributed by atoms with Gasteiger partial charge < -0.3 is 9.62 Å². The molecule has 0 spiro atoms. The zero-order chi connectivity index (χ0) is 11.5. The summed E-state index contributed by atoms with van der Waals surface area (Å²) in [4.78, 5) is 0. The molecule has 0 radical (unpaired) electrons. The Hall–Kier alpha value is -1.62. The van der Waals surface area contributed by atoms with Crippen LogP contribution in [0, 0.1) is 5.82 Å². The van der Waals surface area contributed by atoms with Crippen LogP contribution in [0.4, 0.5) is 4.39 Å². The van der Waals surface area contributed by atoms with Crippen LogP contribution in [-0.4, -0.2) is 11.4 Å². The SMILES string of the molecule is O/N=C\c1ccc(-c2ccc(Br)cc2F)o1. The minimum Gasteiger partial charge on any atom is -0.455 e. The van der Waals surface area contributed by atoms with Gasteiger partial charge >= 0.3 is 0 Å². The minimum atomic E-state index is -0.379. The second-order valence-corrected chi connectivity index (χ2v) is 3.99. The monoisotopic (exact) mass is 283 g/mol. The molecule has 5 heteroatoms. The van der Waals surface area contributed by atoms with Gasteiger partial charge in [0.2, 0.25) is 0 Å². The Bertz CT molecular complexity index is 537. The lowest BCUT2D eigenvalue weighted by Crippen LogP contribution is -1.82. The van der Waals surface area contributed by atoms with Gasteiger partial charge in [-0.2, -0.15) is 0 Å². The number of hydrogen-bond donors (Lipinski definition) is 1. The quantitative estimate of drug-likeness (QED) is 0.519. The summed E-state index contributed by atoms with van der Waals surface area (Å²) in [5.41, 5.74) is 0.362. The topological polar surface area (TPSA) is 45.7 Å². The molecule has 0 amide bonds. The van der Waals surface area contributed by atoms with Crippen molar-refractivity contribution in [3.8, 4) is 11.3 Å². The molecule has 0 aliphatic carbocycles. The van der Waals surface area contributed by atoms with Crippen molar-refractivity contribution in [3.63, 3.8) is 0 Å². The molecule has 1 aromatic heterocycles. The highest BCUT2D eigenvalue weighted by Gasteiger charge is 2.09. The first-order valence-corrected chi connectivity index (χ1v) is 5.22. The van der Waals surface area contributed by atoms with Crippen molar-refractivity contribution in [1.82, 2.24) is 0 Å². The summed E-state index contributed by atoms with van der Waals surface area (Å²) in [5, 5.41) is 11.1. The minimum absolute atomic E-state index is 0.361. The van der Waals surface area contributed by atoms with Crippen LogP contribution in [-0.2, 0) is 0 Å². The first-order chi connectivity index (χ1) is 7.70. The number of furan rings is 1. The first kappa shape index (κ1) is 10.9. The summed E-state index contributed by atoms with van der Waals surface area (Å²) in [7, 11) is 0. The maximum absolute atomic E-state index is 13.6. The average Bonchev–Trinajstić information content (AvgIpc) is 2.67. The maximum atomic E-state index is 13.6. The van der Waals surface area contributed by atoms with Gasteiger partial charge in [0, 0.05) is 4.47 Å². The van der Waals surface area contributed by atoms with Gasteiger partial charge in [-0.05, 0) is 30.3 Å². The number of nitrogens with zero attached hydrogens (tertiary/aromatic N) is 1. The fourth-order valence-corrected chi connectivity index (χ4v) is 1.65. The van der Waals surface area contributed by atoms with Crippen LogP contribution in [0.3, 0.4) is 0 Å². The van der Waals surface area contributed by atoms with E-state index < -0.39 is 0 Å². The maximum Gasteiger partial charge on any atom is 0.149 e. The van der Waals surface area contributed by atoms with E-state index in [1.54, 1.807) is 24.3 Å². The van der Waals surface area contributed by atoms with Gasteiger partial charge in [-0.15, -0.1) is 0 Å². The van der Waals surface area contributed by atoms with E-state index in [4.69, 9.17) is 9.62 Å². The number of oxime groups is 1. The molecule has 0 bridgehead atoms. The summed E-state index contributed by atoms with van der Waals surface area (Å²) >= 11 is 3.17. The zero-order valence-corrected chi connectivity index (χ0v) is 9.61. The summed E-state index contributed by atoms with van der Waals surface area (Å²) in [6.45, 7) is 0.